The maximum absolute atomic E-state index is 12.9. The third-order valence-electron chi connectivity index (χ3n) is 5.20. The summed E-state index contributed by atoms with van der Waals surface area (Å²) >= 11 is 1.54. The summed E-state index contributed by atoms with van der Waals surface area (Å²) in [6.07, 6.45) is 2.93. The van der Waals surface area contributed by atoms with Gasteiger partial charge in [-0.3, -0.25) is 9.59 Å². The average molecular weight is 378 g/mol. The van der Waals surface area contributed by atoms with Crippen LogP contribution in [0.2, 0.25) is 0 Å². The van der Waals surface area contributed by atoms with Gasteiger partial charge in [0.1, 0.15) is 5.00 Å². The molecule has 4 rings (SSSR count). The Balaban J connectivity index is 1.68. The molecule has 3 aromatic rings. The molecule has 0 saturated heterocycles. The fraction of sp³-hybridized carbons (Fsp3) is 0.273. The summed E-state index contributed by atoms with van der Waals surface area (Å²) < 4.78 is 0. The highest BCUT2D eigenvalue weighted by Gasteiger charge is 2.28. The number of benzene rings is 2. The number of fused-ring (bicyclic) bond motifs is 2. The molecule has 2 aromatic carbocycles. The van der Waals surface area contributed by atoms with Gasteiger partial charge in [0.15, 0.2) is 0 Å². The van der Waals surface area contributed by atoms with Crippen LogP contribution in [0.25, 0.3) is 10.8 Å². The van der Waals surface area contributed by atoms with E-state index in [0.717, 1.165) is 35.6 Å². The second kappa shape index (κ2) is 7.16. The lowest BCUT2D eigenvalue weighted by Crippen LogP contribution is -2.22. The Bertz CT molecular complexity index is 1040. The van der Waals surface area contributed by atoms with E-state index in [4.69, 9.17) is 0 Å². The van der Waals surface area contributed by atoms with Crippen molar-refractivity contribution in [2.75, 3.05) is 12.4 Å². The Labute approximate surface area is 162 Å². The van der Waals surface area contributed by atoms with Crippen molar-refractivity contribution < 1.29 is 9.59 Å². The van der Waals surface area contributed by atoms with Crippen molar-refractivity contribution in [1.82, 2.24) is 5.32 Å². The number of anilines is 1. The minimum atomic E-state index is -0.183. The second-order valence-electron chi connectivity index (χ2n) is 7.15. The molecule has 0 saturated carbocycles. The molecule has 5 heteroatoms. The predicted molar refractivity (Wildman–Crippen MR) is 111 cm³/mol. The molecule has 0 bridgehead atoms. The number of rotatable bonds is 3. The van der Waals surface area contributed by atoms with Crippen molar-refractivity contribution in [3.05, 3.63) is 64.0 Å². The summed E-state index contributed by atoms with van der Waals surface area (Å²) in [6, 6.07) is 13.6. The number of nitrogens with one attached hydrogen (secondary N) is 2. The quantitative estimate of drug-likeness (QED) is 0.698. The summed E-state index contributed by atoms with van der Waals surface area (Å²) in [5.74, 6) is 0.297. The van der Waals surface area contributed by atoms with Crippen molar-refractivity contribution >= 4 is 38.9 Å². The summed E-state index contributed by atoms with van der Waals surface area (Å²) in [7, 11) is 1.63. The largest absolute Gasteiger partial charge is 0.355 e. The summed E-state index contributed by atoms with van der Waals surface area (Å²) in [5, 5.41) is 8.50. The molecular formula is C22H22N2O2S. The molecule has 0 aliphatic heterocycles. The van der Waals surface area contributed by atoms with E-state index in [1.807, 2.05) is 42.5 Å². The molecular weight excluding hydrogens is 356 g/mol. The number of carbonyl (C=O) groups is 2. The van der Waals surface area contributed by atoms with Gasteiger partial charge in [-0.15, -0.1) is 11.3 Å². The number of hydrogen-bond donors (Lipinski definition) is 2. The lowest BCUT2D eigenvalue weighted by Gasteiger charge is -2.18. The van der Waals surface area contributed by atoms with E-state index in [2.05, 4.69) is 17.6 Å². The molecule has 1 atom stereocenters. The van der Waals surface area contributed by atoms with Gasteiger partial charge < -0.3 is 10.6 Å². The van der Waals surface area contributed by atoms with Crippen molar-refractivity contribution in [2.24, 2.45) is 5.92 Å². The van der Waals surface area contributed by atoms with Crippen LogP contribution >= 0.6 is 11.3 Å². The van der Waals surface area contributed by atoms with Crippen LogP contribution in [0.4, 0.5) is 5.00 Å². The van der Waals surface area contributed by atoms with Crippen LogP contribution in [0.5, 0.6) is 0 Å². The molecule has 4 nitrogen and oxygen atoms in total. The SMILES string of the molecule is CNC(=O)c1c(NC(=O)c2ccc3ccccc3c2)sc2c1CC[C@@H](C)C2. The first kappa shape index (κ1) is 17.7. The van der Waals surface area contributed by atoms with Gasteiger partial charge in [-0.2, -0.15) is 0 Å². The molecule has 1 heterocycles. The van der Waals surface area contributed by atoms with E-state index in [-0.39, 0.29) is 11.8 Å². The van der Waals surface area contributed by atoms with Gasteiger partial charge in [0.2, 0.25) is 0 Å². The van der Waals surface area contributed by atoms with Gasteiger partial charge in [-0.1, -0.05) is 37.3 Å². The van der Waals surface area contributed by atoms with Crippen LogP contribution in [0.15, 0.2) is 42.5 Å². The molecule has 1 aliphatic carbocycles. The number of amides is 2. The number of hydrogen-bond acceptors (Lipinski definition) is 3. The first-order valence-corrected chi connectivity index (χ1v) is 10.0. The van der Waals surface area contributed by atoms with Crippen molar-refractivity contribution in [1.29, 1.82) is 0 Å². The van der Waals surface area contributed by atoms with Crippen LogP contribution in [0.1, 0.15) is 44.5 Å². The van der Waals surface area contributed by atoms with E-state index < -0.39 is 0 Å². The average Bonchev–Trinajstić information content (AvgIpc) is 3.03. The van der Waals surface area contributed by atoms with Gasteiger partial charge in [0.25, 0.3) is 11.8 Å². The molecule has 1 aromatic heterocycles. The smallest absolute Gasteiger partial charge is 0.256 e. The van der Waals surface area contributed by atoms with Crippen LogP contribution in [0, 0.1) is 5.92 Å². The van der Waals surface area contributed by atoms with Crippen molar-refractivity contribution in [2.45, 2.75) is 26.2 Å². The highest BCUT2D eigenvalue weighted by molar-refractivity contribution is 7.17. The van der Waals surface area contributed by atoms with Gasteiger partial charge in [0, 0.05) is 17.5 Å². The van der Waals surface area contributed by atoms with E-state index in [0.29, 0.717) is 22.0 Å². The van der Waals surface area contributed by atoms with E-state index in [9.17, 15) is 9.59 Å². The Kier molecular flexibility index (Phi) is 4.70. The fourth-order valence-corrected chi connectivity index (χ4v) is 5.11. The molecule has 1 aliphatic rings. The Morgan fingerprint density at radius 1 is 1.07 bits per heavy atom. The molecule has 0 unspecified atom stereocenters. The topological polar surface area (TPSA) is 58.2 Å². The van der Waals surface area contributed by atoms with E-state index >= 15 is 0 Å². The van der Waals surface area contributed by atoms with Gasteiger partial charge in [0.05, 0.1) is 5.56 Å². The first-order valence-electron chi connectivity index (χ1n) is 9.23. The molecule has 0 radical (unpaired) electrons. The van der Waals surface area contributed by atoms with Crippen molar-refractivity contribution in [3.63, 3.8) is 0 Å². The lowest BCUT2D eigenvalue weighted by atomic mass is 9.88. The maximum Gasteiger partial charge on any atom is 0.256 e. The van der Waals surface area contributed by atoms with Crippen LogP contribution in [0.3, 0.4) is 0 Å². The van der Waals surface area contributed by atoms with Gasteiger partial charge in [-0.25, -0.2) is 0 Å². The molecule has 27 heavy (non-hydrogen) atoms. The third-order valence-corrected chi connectivity index (χ3v) is 6.37. The highest BCUT2D eigenvalue weighted by atomic mass is 32.1. The zero-order valence-corrected chi connectivity index (χ0v) is 16.3. The first-order chi connectivity index (χ1) is 13.1. The summed E-state index contributed by atoms with van der Waals surface area (Å²) in [6.45, 7) is 2.23. The Hall–Kier alpha value is -2.66. The standard InChI is InChI=1S/C22H22N2O2S/c1-13-7-10-17-18(11-13)27-22(19(17)21(26)23-2)24-20(25)16-9-8-14-5-3-4-6-15(14)12-16/h3-6,8-9,12-13H,7,10-11H2,1-2H3,(H,23,26)(H,24,25)/t13-/m1/s1. The predicted octanol–water partition coefficient (Wildman–Crippen LogP) is 4.64. The minimum Gasteiger partial charge on any atom is -0.355 e. The van der Waals surface area contributed by atoms with Crippen LogP contribution in [-0.2, 0) is 12.8 Å². The van der Waals surface area contributed by atoms with Crippen LogP contribution in [-0.4, -0.2) is 18.9 Å². The summed E-state index contributed by atoms with van der Waals surface area (Å²) in [4.78, 5) is 26.6. The maximum atomic E-state index is 12.9. The molecule has 2 N–H and O–H groups in total. The zero-order chi connectivity index (χ0) is 19.0. The minimum absolute atomic E-state index is 0.129. The molecule has 0 fully saturated rings. The molecule has 2 amide bonds. The second-order valence-corrected chi connectivity index (χ2v) is 8.26. The monoisotopic (exact) mass is 378 g/mol. The Morgan fingerprint density at radius 3 is 2.63 bits per heavy atom. The lowest BCUT2D eigenvalue weighted by molar-refractivity contribution is 0.0963. The fourth-order valence-electron chi connectivity index (χ4n) is 3.71. The highest BCUT2D eigenvalue weighted by Crippen LogP contribution is 2.39. The third kappa shape index (κ3) is 3.35. The number of carbonyl (C=O) groups excluding carboxylic acids is 2. The number of thiophene rings is 1. The van der Waals surface area contributed by atoms with Gasteiger partial charge >= 0.3 is 0 Å². The normalized spacial score (nSPS) is 16.0. The van der Waals surface area contributed by atoms with Gasteiger partial charge in [-0.05, 0) is 53.6 Å². The Morgan fingerprint density at radius 2 is 1.85 bits per heavy atom. The van der Waals surface area contributed by atoms with Crippen molar-refractivity contribution in [3.8, 4) is 0 Å². The van der Waals surface area contributed by atoms with Crippen LogP contribution < -0.4 is 10.6 Å². The zero-order valence-electron chi connectivity index (χ0n) is 15.5. The van der Waals surface area contributed by atoms with E-state index in [1.165, 1.54) is 4.88 Å². The molecule has 0 spiro atoms. The molecule has 138 valence electrons. The summed E-state index contributed by atoms with van der Waals surface area (Å²) in [5.41, 5.74) is 2.33. The van der Waals surface area contributed by atoms with E-state index in [1.54, 1.807) is 18.4 Å².